The molecular weight excluding hydrogens is 196 g/mol. The van der Waals surface area contributed by atoms with Gasteiger partial charge >= 0.3 is 0 Å². The average molecular weight is 218 g/mol. The van der Waals surface area contributed by atoms with E-state index in [1.807, 2.05) is 0 Å². The van der Waals surface area contributed by atoms with Gasteiger partial charge in [0.15, 0.2) is 5.11 Å². The molecule has 0 bridgehead atoms. The van der Waals surface area contributed by atoms with E-state index in [1.54, 1.807) is 7.11 Å². The van der Waals surface area contributed by atoms with Crippen molar-refractivity contribution >= 4 is 17.3 Å². The monoisotopic (exact) mass is 218 g/mol. The highest BCUT2D eigenvalue weighted by molar-refractivity contribution is 7.80. The van der Waals surface area contributed by atoms with Crippen molar-refractivity contribution in [3.8, 4) is 0 Å². The van der Waals surface area contributed by atoms with Crippen LogP contribution in [0.2, 0.25) is 0 Å². The Kier molecular flexibility index (Phi) is 6.83. The molecule has 0 saturated carbocycles. The average Bonchev–Trinajstić information content (AvgIpc) is 2.01. The van der Waals surface area contributed by atoms with Crippen LogP contribution >= 0.6 is 12.2 Å². The Balaban J connectivity index is 3.96. The zero-order valence-corrected chi connectivity index (χ0v) is 10.6. The van der Waals surface area contributed by atoms with Gasteiger partial charge in [0.25, 0.3) is 0 Å². The molecule has 0 aromatic heterocycles. The van der Waals surface area contributed by atoms with Gasteiger partial charge in [-0.2, -0.15) is 0 Å². The predicted octanol–water partition coefficient (Wildman–Crippen LogP) is 1.53. The molecule has 4 heteroatoms. The molecule has 0 aromatic rings. The molecule has 3 nitrogen and oxygen atoms in total. The first-order valence-electron chi connectivity index (χ1n) is 5.03. The summed E-state index contributed by atoms with van der Waals surface area (Å²) in [6.07, 6.45) is 0. The van der Waals surface area contributed by atoms with Crippen molar-refractivity contribution in [2.45, 2.75) is 39.8 Å². The van der Waals surface area contributed by atoms with E-state index in [2.05, 4.69) is 38.3 Å². The van der Waals surface area contributed by atoms with Crippen LogP contribution in [0.1, 0.15) is 27.7 Å². The molecule has 1 atom stereocenters. The second kappa shape index (κ2) is 7.01. The summed E-state index contributed by atoms with van der Waals surface area (Å²) in [6, 6.07) is 0.643. The summed E-state index contributed by atoms with van der Waals surface area (Å²) in [5, 5.41) is 7.10. The first-order chi connectivity index (χ1) is 6.47. The van der Waals surface area contributed by atoms with Gasteiger partial charge < -0.3 is 15.4 Å². The molecular formula is C10H22N2OS. The second-order valence-electron chi connectivity index (χ2n) is 4.08. The van der Waals surface area contributed by atoms with Gasteiger partial charge in [-0.15, -0.1) is 0 Å². The predicted molar refractivity (Wildman–Crippen MR) is 64.5 cm³/mol. The Morgan fingerprint density at radius 2 is 1.79 bits per heavy atom. The van der Waals surface area contributed by atoms with Gasteiger partial charge in [-0.05, 0) is 32.0 Å². The van der Waals surface area contributed by atoms with Crippen LogP contribution in [-0.4, -0.2) is 30.9 Å². The van der Waals surface area contributed by atoms with Crippen molar-refractivity contribution < 1.29 is 4.74 Å². The molecule has 0 aliphatic rings. The van der Waals surface area contributed by atoms with Gasteiger partial charge in [0.05, 0.1) is 12.6 Å². The molecule has 0 radical (unpaired) electrons. The maximum atomic E-state index is 5.16. The lowest BCUT2D eigenvalue weighted by Crippen LogP contribution is -2.48. The van der Waals surface area contributed by atoms with Crippen LogP contribution in [0.3, 0.4) is 0 Å². The van der Waals surface area contributed by atoms with Gasteiger partial charge in [-0.1, -0.05) is 13.8 Å². The molecule has 0 saturated heterocycles. The lowest BCUT2D eigenvalue weighted by Gasteiger charge is -2.24. The fourth-order valence-electron chi connectivity index (χ4n) is 1.05. The quantitative estimate of drug-likeness (QED) is 0.686. The lowest BCUT2D eigenvalue weighted by atomic mass is 10.1. The maximum Gasteiger partial charge on any atom is 0.166 e. The number of nitrogens with one attached hydrogen (secondary N) is 2. The molecule has 84 valence electrons. The molecule has 0 heterocycles. The SMILES string of the molecule is COCC(NC(=S)NC(C)C)C(C)C. The Hall–Kier alpha value is -0.350. The first-order valence-corrected chi connectivity index (χ1v) is 5.44. The summed E-state index contributed by atoms with van der Waals surface area (Å²) < 4.78 is 5.12. The Morgan fingerprint density at radius 3 is 2.14 bits per heavy atom. The molecule has 0 aliphatic carbocycles. The van der Waals surface area contributed by atoms with Crippen LogP contribution in [0, 0.1) is 5.92 Å². The van der Waals surface area contributed by atoms with Crippen LogP contribution in [-0.2, 0) is 4.74 Å². The summed E-state index contributed by atoms with van der Waals surface area (Å²) in [4.78, 5) is 0. The van der Waals surface area contributed by atoms with Crippen LogP contribution in [0.15, 0.2) is 0 Å². The molecule has 0 amide bonds. The molecule has 1 unspecified atom stereocenters. The molecule has 0 aliphatic heterocycles. The normalized spacial score (nSPS) is 13.1. The minimum absolute atomic E-state index is 0.277. The van der Waals surface area contributed by atoms with Crippen molar-refractivity contribution in [2.75, 3.05) is 13.7 Å². The van der Waals surface area contributed by atoms with Crippen LogP contribution in [0.25, 0.3) is 0 Å². The largest absolute Gasteiger partial charge is 0.383 e. The van der Waals surface area contributed by atoms with Crippen LogP contribution < -0.4 is 10.6 Å². The summed E-state index contributed by atoms with van der Waals surface area (Å²) in [5.41, 5.74) is 0. The van der Waals surface area contributed by atoms with E-state index in [-0.39, 0.29) is 6.04 Å². The number of hydrogen-bond donors (Lipinski definition) is 2. The number of rotatable bonds is 5. The van der Waals surface area contributed by atoms with Gasteiger partial charge in [-0.25, -0.2) is 0 Å². The topological polar surface area (TPSA) is 33.3 Å². The Bertz CT molecular complexity index is 172. The van der Waals surface area contributed by atoms with E-state index in [4.69, 9.17) is 17.0 Å². The molecule has 0 aromatic carbocycles. The second-order valence-corrected chi connectivity index (χ2v) is 4.49. The van der Waals surface area contributed by atoms with Crippen molar-refractivity contribution in [3.63, 3.8) is 0 Å². The Morgan fingerprint density at radius 1 is 1.21 bits per heavy atom. The Labute approximate surface area is 92.6 Å². The van der Waals surface area contributed by atoms with E-state index in [1.165, 1.54) is 0 Å². The molecule has 0 fully saturated rings. The minimum atomic E-state index is 0.277. The number of methoxy groups -OCH3 is 1. The minimum Gasteiger partial charge on any atom is -0.383 e. The molecule has 0 spiro atoms. The fraction of sp³-hybridized carbons (Fsp3) is 0.900. The van der Waals surface area contributed by atoms with Crippen molar-refractivity contribution in [2.24, 2.45) is 5.92 Å². The maximum absolute atomic E-state index is 5.16. The highest BCUT2D eigenvalue weighted by atomic mass is 32.1. The van der Waals surface area contributed by atoms with E-state index < -0.39 is 0 Å². The molecule has 2 N–H and O–H groups in total. The van der Waals surface area contributed by atoms with Gasteiger partial charge in [0.1, 0.15) is 0 Å². The smallest absolute Gasteiger partial charge is 0.166 e. The summed E-state index contributed by atoms with van der Waals surface area (Å²) >= 11 is 5.16. The zero-order valence-electron chi connectivity index (χ0n) is 9.76. The van der Waals surface area contributed by atoms with Gasteiger partial charge in [0.2, 0.25) is 0 Å². The third kappa shape index (κ3) is 6.16. The highest BCUT2D eigenvalue weighted by Crippen LogP contribution is 2.01. The number of hydrogen-bond acceptors (Lipinski definition) is 2. The fourth-order valence-corrected chi connectivity index (χ4v) is 1.44. The number of ether oxygens (including phenoxy) is 1. The van der Waals surface area contributed by atoms with E-state index >= 15 is 0 Å². The van der Waals surface area contributed by atoms with Crippen LogP contribution in [0.4, 0.5) is 0 Å². The summed E-state index contributed by atoms with van der Waals surface area (Å²) in [5.74, 6) is 0.502. The lowest BCUT2D eigenvalue weighted by molar-refractivity contribution is 0.156. The summed E-state index contributed by atoms with van der Waals surface area (Å²) in [6.45, 7) is 9.10. The van der Waals surface area contributed by atoms with Crippen LogP contribution in [0.5, 0.6) is 0 Å². The van der Waals surface area contributed by atoms with E-state index in [9.17, 15) is 0 Å². The zero-order chi connectivity index (χ0) is 11.1. The molecule has 0 rings (SSSR count). The standard InChI is InChI=1S/C10H22N2OS/c1-7(2)9(6-13-5)12-10(14)11-8(3)4/h7-9H,6H2,1-5H3,(H2,11,12,14). The van der Waals surface area contributed by atoms with Gasteiger partial charge in [0, 0.05) is 13.2 Å². The van der Waals surface area contributed by atoms with Crippen molar-refractivity contribution in [1.29, 1.82) is 0 Å². The van der Waals surface area contributed by atoms with E-state index in [0.717, 1.165) is 0 Å². The van der Waals surface area contributed by atoms with Crippen molar-refractivity contribution in [3.05, 3.63) is 0 Å². The first kappa shape index (κ1) is 13.7. The van der Waals surface area contributed by atoms with E-state index in [0.29, 0.717) is 23.7 Å². The van der Waals surface area contributed by atoms with Crippen molar-refractivity contribution in [1.82, 2.24) is 10.6 Å². The third-order valence-electron chi connectivity index (χ3n) is 1.89. The number of thiocarbonyl (C=S) groups is 1. The van der Waals surface area contributed by atoms with Gasteiger partial charge in [-0.3, -0.25) is 0 Å². The third-order valence-corrected chi connectivity index (χ3v) is 2.12. The highest BCUT2D eigenvalue weighted by Gasteiger charge is 2.13. The molecule has 14 heavy (non-hydrogen) atoms. The summed E-state index contributed by atoms with van der Waals surface area (Å²) in [7, 11) is 1.70.